The Bertz CT molecular complexity index is 469. The Kier molecular flexibility index (Phi) is 2.95. The summed E-state index contributed by atoms with van der Waals surface area (Å²) in [6.07, 6.45) is -0.691. The fourth-order valence-corrected chi connectivity index (χ4v) is 2.45. The zero-order valence-electron chi connectivity index (χ0n) is 7.85. The first-order valence-corrected chi connectivity index (χ1v) is 5.65. The van der Waals surface area contributed by atoms with Crippen LogP contribution in [-0.2, 0) is 0 Å². The maximum absolute atomic E-state index is 10.1. The number of anilines is 1. The highest BCUT2D eigenvalue weighted by molar-refractivity contribution is 7.16. The maximum Gasteiger partial charge on any atom is 0.115 e. The molecule has 1 atom stereocenters. The molecular weight excluding hydrogens is 230 g/mol. The molecule has 0 bridgehead atoms. The highest BCUT2D eigenvalue weighted by atomic mass is 35.5. The second-order valence-electron chi connectivity index (χ2n) is 3.17. The lowest BCUT2D eigenvalue weighted by atomic mass is 10.1. The van der Waals surface area contributed by atoms with Gasteiger partial charge in [-0.1, -0.05) is 29.8 Å². The van der Waals surface area contributed by atoms with Crippen molar-refractivity contribution in [2.75, 3.05) is 5.73 Å². The third-order valence-electron chi connectivity index (χ3n) is 2.15. The number of hydrogen-bond donors (Lipinski definition) is 2. The molecule has 0 saturated heterocycles. The van der Waals surface area contributed by atoms with Gasteiger partial charge in [0.2, 0.25) is 0 Å². The molecule has 0 aliphatic rings. The fourth-order valence-electron chi connectivity index (χ4n) is 1.39. The molecular formula is C11H10ClNOS. The largest absolute Gasteiger partial charge is 0.398 e. The fraction of sp³-hybridized carbons (Fsp3) is 0.0909. The molecule has 1 unspecified atom stereocenters. The second kappa shape index (κ2) is 4.23. The van der Waals surface area contributed by atoms with Gasteiger partial charge < -0.3 is 10.8 Å². The van der Waals surface area contributed by atoms with E-state index in [4.69, 9.17) is 17.3 Å². The van der Waals surface area contributed by atoms with Crippen LogP contribution < -0.4 is 5.73 Å². The lowest BCUT2D eigenvalue weighted by molar-refractivity contribution is 0.225. The van der Waals surface area contributed by atoms with Gasteiger partial charge in [-0.15, -0.1) is 11.3 Å². The van der Waals surface area contributed by atoms with Gasteiger partial charge in [0.15, 0.2) is 0 Å². The van der Waals surface area contributed by atoms with Crippen molar-refractivity contribution in [1.29, 1.82) is 0 Å². The Morgan fingerprint density at radius 2 is 1.93 bits per heavy atom. The van der Waals surface area contributed by atoms with Crippen LogP contribution in [0.2, 0.25) is 4.34 Å². The highest BCUT2D eigenvalue weighted by Crippen LogP contribution is 2.32. The predicted molar refractivity (Wildman–Crippen MR) is 64.2 cm³/mol. The topological polar surface area (TPSA) is 46.2 Å². The number of nitrogen functional groups attached to an aromatic ring is 1. The summed E-state index contributed by atoms with van der Waals surface area (Å²) in [6, 6.07) is 10.9. The first-order valence-electron chi connectivity index (χ1n) is 4.46. The van der Waals surface area contributed by atoms with E-state index in [-0.39, 0.29) is 0 Å². The molecule has 4 heteroatoms. The molecule has 0 spiro atoms. The first-order chi connectivity index (χ1) is 7.18. The minimum absolute atomic E-state index is 0.592. The molecule has 1 aromatic heterocycles. The maximum atomic E-state index is 10.1. The number of nitrogens with two attached hydrogens (primary N) is 1. The van der Waals surface area contributed by atoms with E-state index < -0.39 is 6.10 Å². The van der Waals surface area contributed by atoms with Crippen LogP contribution >= 0.6 is 22.9 Å². The van der Waals surface area contributed by atoms with Crippen molar-refractivity contribution in [2.24, 2.45) is 0 Å². The van der Waals surface area contributed by atoms with E-state index in [0.717, 1.165) is 10.4 Å². The number of aliphatic hydroxyl groups excluding tert-OH is 1. The van der Waals surface area contributed by atoms with Crippen molar-refractivity contribution < 1.29 is 5.11 Å². The second-order valence-corrected chi connectivity index (χ2v) is 4.92. The van der Waals surface area contributed by atoms with Crippen LogP contribution in [0, 0.1) is 0 Å². The summed E-state index contributed by atoms with van der Waals surface area (Å²) in [5, 5.41) is 10.1. The minimum Gasteiger partial charge on any atom is -0.398 e. The molecule has 3 N–H and O–H groups in total. The van der Waals surface area contributed by atoms with Crippen molar-refractivity contribution >= 4 is 28.6 Å². The molecule has 2 aromatic rings. The van der Waals surface area contributed by atoms with E-state index in [0.29, 0.717) is 10.0 Å². The number of benzene rings is 1. The van der Waals surface area contributed by atoms with Gasteiger partial charge >= 0.3 is 0 Å². The zero-order chi connectivity index (χ0) is 10.8. The van der Waals surface area contributed by atoms with Gasteiger partial charge in [-0.2, -0.15) is 0 Å². The summed E-state index contributed by atoms with van der Waals surface area (Å²) in [7, 11) is 0. The number of para-hydroxylation sites is 1. The van der Waals surface area contributed by atoms with Crippen LogP contribution in [0.15, 0.2) is 36.4 Å². The Morgan fingerprint density at radius 3 is 2.53 bits per heavy atom. The molecule has 0 aliphatic carbocycles. The minimum atomic E-state index is -0.691. The molecule has 0 fully saturated rings. The molecule has 0 aliphatic heterocycles. The highest BCUT2D eigenvalue weighted by Gasteiger charge is 2.14. The van der Waals surface area contributed by atoms with E-state index >= 15 is 0 Å². The predicted octanol–water partition coefficient (Wildman–Crippen LogP) is 3.07. The van der Waals surface area contributed by atoms with Crippen molar-refractivity contribution in [3.63, 3.8) is 0 Å². The van der Waals surface area contributed by atoms with Gasteiger partial charge in [-0.3, -0.25) is 0 Å². The lowest BCUT2D eigenvalue weighted by Gasteiger charge is -2.11. The van der Waals surface area contributed by atoms with E-state index in [1.807, 2.05) is 24.3 Å². The number of rotatable bonds is 2. The van der Waals surface area contributed by atoms with Crippen molar-refractivity contribution in [1.82, 2.24) is 0 Å². The molecule has 0 amide bonds. The summed E-state index contributed by atoms with van der Waals surface area (Å²) in [5.41, 5.74) is 7.09. The number of halogens is 1. The molecule has 15 heavy (non-hydrogen) atoms. The van der Waals surface area contributed by atoms with Gasteiger partial charge in [0.25, 0.3) is 0 Å². The van der Waals surface area contributed by atoms with Crippen LogP contribution in [0.1, 0.15) is 16.5 Å². The number of hydrogen-bond acceptors (Lipinski definition) is 3. The molecule has 0 saturated carbocycles. The van der Waals surface area contributed by atoms with Crippen molar-refractivity contribution in [3.8, 4) is 0 Å². The van der Waals surface area contributed by atoms with Crippen LogP contribution in [0.25, 0.3) is 0 Å². The van der Waals surface area contributed by atoms with Crippen molar-refractivity contribution in [3.05, 3.63) is 51.2 Å². The van der Waals surface area contributed by atoms with E-state index in [2.05, 4.69) is 0 Å². The first kappa shape index (κ1) is 10.5. The lowest BCUT2D eigenvalue weighted by Crippen LogP contribution is -2.01. The van der Waals surface area contributed by atoms with Crippen LogP contribution in [0.5, 0.6) is 0 Å². The van der Waals surface area contributed by atoms with Gasteiger partial charge in [-0.05, 0) is 18.2 Å². The van der Waals surface area contributed by atoms with Gasteiger partial charge in [0, 0.05) is 16.1 Å². The molecule has 0 radical (unpaired) electrons. The van der Waals surface area contributed by atoms with Crippen LogP contribution in [-0.4, -0.2) is 5.11 Å². The molecule has 1 heterocycles. The summed E-state index contributed by atoms with van der Waals surface area (Å²) in [5.74, 6) is 0. The number of aliphatic hydroxyl groups is 1. The van der Waals surface area contributed by atoms with Crippen LogP contribution in [0.3, 0.4) is 0 Å². The average Bonchev–Trinajstić information content (AvgIpc) is 2.65. The summed E-state index contributed by atoms with van der Waals surface area (Å²) < 4.78 is 0.665. The third kappa shape index (κ3) is 2.15. The summed E-state index contributed by atoms with van der Waals surface area (Å²) in [6.45, 7) is 0. The van der Waals surface area contributed by atoms with E-state index in [1.54, 1.807) is 12.1 Å². The van der Waals surface area contributed by atoms with Gasteiger partial charge in [-0.25, -0.2) is 0 Å². The smallest absolute Gasteiger partial charge is 0.115 e. The normalized spacial score (nSPS) is 12.7. The third-order valence-corrected chi connectivity index (χ3v) is 3.44. The van der Waals surface area contributed by atoms with E-state index in [9.17, 15) is 5.11 Å². The Labute approximate surface area is 96.9 Å². The van der Waals surface area contributed by atoms with Crippen LogP contribution in [0.4, 0.5) is 5.69 Å². The molecule has 1 aromatic carbocycles. The summed E-state index contributed by atoms with van der Waals surface area (Å²) >= 11 is 7.17. The Morgan fingerprint density at radius 1 is 1.20 bits per heavy atom. The average molecular weight is 240 g/mol. The van der Waals surface area contributed by atoms with Gasteiger partial charge in [0.05, 0.1) is 4.34 Å². The number of thiophene rings is 1. The Hall–Kier alpha value is -1.03. The SMILES string of the molecule is Nc1ccccc1C(O)c1ccc(Cl)s1. The van der Waals surface area contributed by atoms with E-state index in [1.165, 1.54) is 11.3 Å². The zero-order valence-corrected chi connectivity index (χ0v) is 9.42. The monoisotopic (exact) mass is 239 g/mol. The molecule has 2 rings (SSSR count). The van der Waals surface area contributed by atoms with Gasteiger partial charge in [0.1, 0.15) is 6.10 Å². The molecule has 2 nitrogen and oxygen atoms in total. The standard InChI is InChI=1S/C11H10ClNOS/c12-10-6-5-9(15-10)11(14)7-3-1-2-4-8(7)13/h1-6,11,14H,13H2. The van der Waals surface area contributed by atoms with Crippen molar-refractivity contribution in [2.45, 2.75) is 6.10 Å². The molecule has 78 valence electrons. The Balaban J connectivity index is 2.36. The quantitative estimate of drug-likeness (QED) is 0.792. The summed E-state index contributed by atoms with van der Waals surface area (Å²) in [4.78, 5) is 0.804.